The maximum absolute atomic E-state index is 13.1. The van der Waals surface area contributed by atoms with Gasteiger partial charge in [0.2, 0.25) is 0 Å². The Hall–Kier alpha value is -4.13. The van der Waals surface area contributed by atoms with Crippen LogP contribution in [0, 0.1) is 0 Å². The van der Waals surface area contributed by atoms with Gasteiger partial charge in [-0.15, -0.1) is 5.10 Å². The van der Waals surface area contributed by atoms with E-state index in [2.05, 4.69) is 10.3 Å². The highest BCUT2D eigenvalue weighted by Crippen LogP contribution is 2.33. The van der Waals surface area contributed by atoms with Crippen molar-refractivity contribution < 1.29 is 31.1 Å². The fourth-order valence-corrected chi connectivity index (χ4v) is 4.39. The number of rotatable bonds is 8. The number of alkyl halides is 3. The standard InChI is InChI=1S/C22H18F3N5O4S/c23-22(24,25)19-5-1-2-6-20(19)35(32,33)27-21(31)14-30-13-16(26-28-30)15-34-18-9-7-17(8-10-18)29-11-3-4-12-29/h1-13H,14-15H2,(H,27,31). The second-order valence-corrected chi connectivity index (χ2v) is 8.95. The van der Waals surface area contributed by atoms with Gasteiger partial charge in [0.1, 0.15) is 24.6 Å². The molecule has 13 heteroatoms. The Bertz CT molecular complexity index is 1420. The van der Waals surface area contributed by atoms with Gasteiger partial charge in [-0.25, -0.2) is 17.8 Å². The molecule has 0 bridgehead atoms. The Balaban J connectivity index is 1.35. The van der Waals surface area contributed by atoms with Crippen LogP contribution in [0.25, 0.3) is 5.69 Å². The fraction of sp³-hybridized carbons (Fsp3) is 0.136. The van der Waals surface area contributed by atoms with E-state index < -0.39 is 39.1 Å². The minimum Gasteiger partial charge on any atom is -0.487 e. The number of nitrogens with one attached hydrogen (secondary N) is 1. The average molecular weight is 505 g/mol. The third kappa shape index (κ3) is 5.87. The van der Waals surface area contributed by atoms with Gasteiger partial charge in [-0.2, -0.15) is 13.2 Å². The summed E-state index contributed by atoms with van der Waals surface area (Å²) in [6.45, 7) is -0.548. The van der Waals surface area contributed by atoms with E-state index in [9.17, 15) is 26.4 Å². The first kappa shape index (κ1) is 24.0. The summed E-state index contributed by atoms with van der Waals surface area (Å²) in [7, 11) is -4.76. The number of ether oxygens (including phenoxy) is 1. The van der Waals surface area contributed by atoms with Crippen LogP contribution < -0.4 is 9.46 Å². The van der Waals surface area contributed by atoms with Gasteiger partial charge in [0.05, 0.1) is 16.7 Å². The Morgan fingerprint density at radius 3 is 2.37 bits per heavy atom. The second kappa shape index (κ2) is 9.62. The molecule has 0 aliphatic rings. The Labute approximate surface area is 197 Å². The van der Waals surface area contributed by atoms with Crippen LogP contribution in [-0.4, -0.2) is 33.9 Å². The first-order valence-electron chi connectivity index (χ1n) is 10.1. The molecule has 0 unspecified atom stereocenters. The van der Waals surface area contributed by atoms with Gasteiger partial charge in [-0.05, 0) is 48.5 Å². The van der Waals surface area contributed by atoms with E-state index in [0.29, 0.717) is 17.5 Å². The van der Waals surface area contributed by atoms with Crippen LogP contribution in [-0.2, 0) is 34.1 Å². The Kier molecular flexibility index (Phi) is 6.60. The Morgan fingerprint density at radius 2 is 1.69 bits per heavy atom. The van der Waals surface area contributed by atoms with Gasteiger partial charge in [-0.1, -0.05) is 17.3 Å². The Morgan fingerprint density at radius 1 is 1.00 bits per heavy atom. The SMILES string of the molecule is O=C(Cn1cc(COc2ccc(-n3cccc3)cc2)nn1)NS(=O)(=O)c1ccccc1C(F)(F)F. The molecular weight excluding hydrogens is 487 g/mol. The number of amides is 1. The van der Waals surface area contributed by atoms with Gasteiger partial charge >= 0.3 is 6.18 Å². The van der Waals surface area contributed by atoms with Crippen molar-refractivity contribution in [1.82, 2.24) is 24.3 Å². The summed E-state index contributed by atoms with van der Waals surface area (Å²) in [6, 6.07) is 14.7. The van der Waals surface area contributed by atoms with Crippen LogP contribution in [0.2, 0.25) is 0 Å². The second-order valence-electron chi connectivity index (χ2n) is 7.30. The molecule has 35 heavy (non-hydrogen) atoms. The number of carbonyl (C=O) groups is 1. The summed E-state index contributed by atoms with van der Waals surface area (Å²) in [6.07, 6.45) is 0.275. The van der Waals surface area contributed by atoms with E-state index >= 15 is 0 Å². The van der Waals surface area contributed by atoms with Crippen molar-refractivity contribution in [2.45, 2.75) is 24.2 Å². The quantitative estimate of drug-likeness (QED) is 0.394. The maximum atomic E-state index is 13.1. The molecule has 2 heterocycles. The van der Waals surface area contributed by atoms with Crippen LogP contribution in [0.1, 0.15) is 11.3 Å². The minimum atomic E-state index is -4.90. The fourth-order valence-electron chi connectivity index (χ4n) is 3.18. The van der Waals surface area contributed by atoms with Crippen molar-refractivity contribution in [2.75, 3.05) is 0 Å². The molecule has 182 valence electrons. The summed E-state index contributed by atoms with van der Waals surface area (Å²) in [5, 5.41) is 7.57. The molecule has 4 rings (SSSR count). The van der Waals surface area contributed by atoms with Gasteiger partial charge in [0, 0.05) is 18.1 Å². The van der Waals surface area contributed by atoms with Gasteiger partial charge < -0.3 is 9.30 Å². The van der Waals surface area contributed by atoms with Crippen LogP contribution >= 0.6 is 0 Å². The number of carbonyl (C=O) groups excluding carboxylic acids is 1. The molecule has 2 aromatic heterocycles. The predicted octanol–water partition coefficient (Wildman–Crippen LogP) is 3.17. The van der Waals surface area contributed by atoms with Crippen LogP contribution in [0.5, 0.6) is 5.75 Å². The van der Waals surface area contributed by atoms with E-state index in [0.717, 1.165) is 28.6 Å². The van der Waals surface area contributed by atoms with Crippen molar-refractivity contribution >= 4 is 15.9 Å². The third-order valence-electron chi connectivity index (χ3n) is 4.75. The lowest BCUT2D eigenvalue weighted by molar-refractivity contribution is -0.140. The zero-order valence-corrected chi connectivity index (χ0v) is 18.7. The number of sulfonamides is 1. The molecule has 1 N–H and O–H groups in total. The molecule has 2 aromatic carbocycles. The normalized spacial score (nSPS) is 11.9. The number of hydrogen-bond donors (Lipinski definition) is 1. The van der Waals surface area contributed by atoms with Crippen molar-refractivity contribution in [2.24, 2.45) is 0 Å². The van der Waals surface area contributed by atoms with Gasteiger partial charge in [-0.3, -0.25) is 4.79 Å². The predicted molar refractivity (Wildman–Crippen MR) is 117 cm³/mol. The van der Waals surface area contributed by atoms with Gasteiger partial charge in [0.15, 0.2) is 0 Å². The lowest BCUT2D eigenvalue weighted by Gasteiger charge is -2.13. The molecule has 0 saturated carbocycles. The number of benzene rings is 2. The van der Waals surface area contributed by atoms with E-state index in [4.69, 9.17) is 4.74 Å². The molecule has 1 amide bonds. The minimum absolute atomic E-state index is 0.0295. The number of hydrogen-bond acceptors (Lipinski definition) is 6. The molecule has 4 aromatic rings. The number of aromatic nitrogens is 4. The summed E-state index contributed by atoms with van der Waals surface area (Å²) < 4.78 is 74.4. The van der Waals surface area contributed by atoms with E-state index in [1.54, 1.807) is 16.9 Å². The monoisotopic (exact) mass is 505 g/mol. The molecule has 0 aliphatic carbocycles. The zero-order chi connectivity index (χ0) is 25.1. The summed E-state index contributed by atoms with van der Waals surface area (Å²) in [5.74, 6) is -0.512. The molecule has 0 aliphatic heterocycles. The number of halogens is 3. The van der Waals surface area contributed by atoms with Crippen molar-refractivity contribution in [1.29, 1.82) is 0 Å². The average Bonchev–Trinajstić information content (AvgIpc) is 3.50. The molecule has 9 nitrogen and oxygen atoms in total. The summed E-state index contributed by atoms with van der Waals surface area (Å²) in [5.41, 5.74) is -0.0634. The van der Waals surface area contributed by atoms with Crippen molar-refractivity contribution in [3.05, 3.63) is 90.5 Å². The third-order valence-corrected chi connectivity index (χ3v) is 6.18. The van der Waals surface area contributed by atoms with Crippen molar-refractivity contribution in [3.63, 3.8) is 0 Å². The van der Waals surface area contributed by atoms with E-state index in [1.165, 1.54) is 6.20 Å². The van der Waals surface area contributed by atoms with Crippen molar-refractivity contribution in [3.8, 4) is 11.4 Å². The maximum Gasteiger partial charge on any atom is 0.417 e. The first-order valence-corrected chi connectivity index (χ1v) is 11.6. The molecular formula is C22H18F3N5O4S. The molecule has 0 spiro atoms. The highest BCUT2D eigenvalue weighted by molar-refractivity contribution is 7.90. The molecule has 0 radical (unpaired) electrons. The van der Waals surface area contributed by atoms with E-state index in [1.807, 2.05) is 41.2 Å². The molecule has 0 atom stereocenters. The summed E-state index contributed by atoms with van der Waals surface area (Å²) in [4.78, 5) is 11.1. The highest BCUT2D eigenvalue weighted by atomic mass is 32.2. The van der Waals surface area contributed by atoms with Gasteiger partial charge in [0.25, 0.3) is 15.9 Å². The molecule has 0 fully saturated rings. The topological polar surface area (TPSA) is 108 Å². The largest absolute Gasteiger partial charge is 0.487 e. The zero-order valence-electron chi connectivity index (χ0n) is 17.9. The first-order chi connectivity index (χ1) is 16.6. The molecule has 0 saturated heterocycles. The van der Waals surface area contributed by atoms with Crippen LogP contribution in [0.4, 0.5) is 13.2 Å². The van der Waals surface area contributed by atoms with Crippen LogP contribution in [0.15, 0.2) is 84.1 Å². The highest BCUT2D eigenvalue weighted by Gasteiger charge is 2.37. The smallest absolute Gasteiger partial charge is 0.417 e. The number of nitrogens with zero attached hydrogens (tertiary/aromatic N) is 4. The lowest BCUT2D eigenvalue weighted by Crippen LogP contribution is -2.34. The van der Waals surface area contributed by atoms with E-state index in [-0.39, 0.29) is 6.61 Å². The lowest BCUT2D eigenvalue weighted by atomic mass is 10.2. The summed E-state index contributed by atoms with van der Waals surface area (Å²) >= 11 is 0. The van der Waals surface area contributed by atoms with Crippen LogP contribution in [0.3, 0.4) is 0 Å².